The number of nitrogens with one attached hydrogen (secondary N) is 1. The number of carbonyl (C=O) groups excluding carboxylic acids is 1. The van der Waals surface area contributed by atoms with Crippen molar-refractivity contribution in [3.05, 3.63) is 40.1 Å². The van der Waals surface area contributed by atoms with Crippen LogP contribution in [-0.2, 0) is 0 Å². The number of aryl methyl sites for hydroxylation is 1. The van der Waals surface area contributed by atoms with E-state index in [2.05, 4.69) is 36.1 Å². The van der Waals surface area contributed by atoms with E-state index in [1.54, 1.807) is 25.3 Å². The Labute approximate surface area is 167 Å². The maximum atomic E-state index is 12.3. The molecule has 144 valence electrons. The van der Waals surface area contributed by atoms with Gasteiger partial charge in [-0.15, -0.1) is 0 Å². The molecule has 2 aromatic rings. The molecule has 0 saturated carbocycles. The lowest BCUT2D eigenvalue weighted by Crippen LogP contribution is -2.28. The van der Waals surface area contributed by atoms with Gasteiger partial charge in [-0.05, 0) is 53.9 Å². The highest BCUT2D eigenvalue weighted by molar-refractivity contribution is 9.10. The number of benzene rings is 1. The Bertz CT molecular complexity index is 810. The van der Waals surface area contributed by atoms with Crippen LogP contribution >= 0.6 is 15.9 Å². The molecule has 1 aliphatic rings. The number of nitrogens with zero attached hydrogens (tertiary/aromatic N) is 3. The van der Waals surface area contributed by atoms with Gasteiger partial charge in [0.2, 0.25) is 5.88 Å². The molecular weight excluding hydrogens is 412 g/mol. The minimum Gasteiger partial charge on any atom is -0.497 e. The highest BCUT2D eigenvalue weighted by Gasteiger charge is 2.16. The second-order valence-corrected chi connectivity index (χ2v) is 7.11. The molecule has 1 fully saturated rings. The molecule has 0 atom stereocenters. The van der Waals surface area contributed by atoms with E-state index in [-0.39, 0.29) is 5.91 Å². The Morgan fingerprint density at radius 1 is 1.26 bits per heavy atom. The van der Waals surface area contributed by atoms with Gasteiger partial charge in [0, 0.05) is 23.6 Å². The van der Waals surface area contributed by atoms with E-state index < -0.39 is 0 Å². The summed E-state index contributed by atoms with van der Waals surface area (Å²) in [6, 6.07) is 7.13. The summed E-state index contributed by atoms with van der Waals surface area (Å²) in [5, 5.41) is 2.84. The third kappa shape index (κ3) is 5.09. The lowest BCUT2D eigenvalue weighted by Gasteiger charge is -2.17. The van der Waals surface area contributed by atoms with Gasteiger partial charge in [-0.3, -0.25) is 4.79 Å². The molecule has 1 aliphatic heterocycles. The zero-order valence-corrected chi connectivity index (χ0v) is 17.1. The highest BCUT2D eigenvalue weighted by Crippen LogP contribution is 2.23. The van der Waals surface area contributed by atoms with Crippen LogP contribution in [0.4, 0.5) is 5.82 Å². The van der Waals surface area contributed by atoms with Crippen molar-refractivity contribution < 1.29 is 14.3 Å². The second kappa shape index (κ2) is 9.03. The van der Waals surface area contributed by atoms with Crippen LogP contribution in [0.1, 0.15) is 29.0 Å². The minimum atomic E-state index is -0.194. The SMILES string of the molecule is COc1ccc(Br)c(C(=O)NCCOc2cc(N3CCCC3)nc(C)n2)c1. The summed E-state index contributed by atoms with van der Waals surface area (Å²) in [7, 11) is 1.57. The molecule has 1 saturated heterocycles. The molecule has 2 heterocycles. The van der Waals surface area contributed by atoms with Crippen molar-refractivity contribution in [1.29, 1.82) is 0 Å². The van der Waals surface area contributed by atoms with E-state index in [4.69, 9.17) is 9.47 Å². The van der Waals surface area contributed by atoms with Gasteiger partial charge < -0.3 is 19.7 Å². The van der Waals surface area contributed by atoms with Crippen molar-refractivity contribution in [2.24, 2.45) is 0 Å². The standard InChI is InChI=1S/C19H23BrN4O3/c1-13-22-17(24-8-3-4-9-24)12-18(23-13)27-10-7-21-19(25)15-11-14(26-2)5-6-16(15)20/h5-6,11-12H,3-4,7-10H2,1-2H3,(H,21,25). The van der Waals surface area contributed by atoms with Crippen molar-refractivity contribution in [3.63, 3.8) is 0 Å². The number of methoxy groups -OCH3 is 1. The quantitative estimate of drug-likeness (QED) is 0.674. The molecule has 1 aromatic carbocycles. The summed E-state index contributed by atoms with van der Waals surface area (Å²) in [4.78, 5) is 23.4. The first-order valence-electron chi connectivity index (χ1n) is 8.92. The van der Waals surface area contributed by atoms with E-state index in [1.165, 1.54) is 12.8 Å². The third-order valence-electron chi connectivity index (χ3n) is 4.29. The lowest BCUT2D eigenvalue weighted by atomic mass is 10.2. The molecule has 1 amide bonds. The van der Waals surface area contributed by atoms with E-state index >= 15 is 0 Å². The number of carbonyl (C=O) groups is 1. The second-order valence-electron chi connectivity index (χ2n) is 6.26. The van der Waals surface area contributed by atoms with Gasteiger partial charge in [0.05, 0.1) is 19.2 Å². The molecule has 0 radical (unpaired) electrons. The van der Waals surface area contributed by atoms with E-state index in [0.29, 0.717) is 40.6 Å². The average molecular weight is 435 g/mol. The zero-order valence-electron chi connectivity index (χ0n) is 15.5. The molecule has 0 bridgehead atoms. The fraction of sp³-hybridized carbons (Fsp3) is 0.421. The Morgan fingerprint density at radius 3 is 2.78 bits per heavy atom. The number of rotatable bonds is 7. The number of hydrogen-bond acceptors (Lipinski definition) is 6. The summed E-state index contributed by atoms with van der Waals surface area (Å²) in [6.07, 6.45) is 2.37. The Balaban J connectivity index is 1.53. The van der Waals surface area contributed by atoms with Crippen molar-refractivity contribution >= 4 is 27.7 Å². The van der Waals surface area contributed by atoms with Crippen LogP contribution in [-0.4, -0.2) is 49.2 Å². The maximum absolute atomic E-state index is 12.3. The fourth-order valence-corrected chi connectivity index (χ4v) is 3.35. The van der Waals surface area contributed by atoms with Gasteiger partial charge in [0.1, 0.15) is 24.0 Å². The van der Waals surface area contributed by atoms with Crippen LogP contribution in [0.5, 0.6) is 11.6 Å². The number of anilines is 1. The minimum absolute atomic E-state index is 0.194. The van der Waals surface area contributed by atoms with E-state index in [1.807, 2.05) is 13.0 Å². The van der Waals surface area contributed by atoms with E-state index in [9.17, 15) is 4.79 Å². The van der Waals surface area contributed by atoms with Crippen LogP contribution in [0.15, 0.2) is 28.7 Å². The van der Waals surface area contributed by atoms with Gasteiger partial charge in [-0.1, -0.05) is 0 Å². The first-order chi connectivity index (χ1) is 13.1. The lowest BCUT2D eigenvalue weighted by molar-refractivity contribution is 0.0945. The predicted molar refractivity (Wildman–Crippen MR) is 107 cm³/mol. The summed E-state index contributed by atoms with van der Waals surface area (Å²) in [5.41, 5.74) is 0.517. The van der Waals surface area contributed by atoms with Crippen molar-refractivity contribution in [2.45, 2.75) is 19.8 Å². The molecule has 27 heavy (non-hydrogen) atoms. The predicted octanol–water partition coefficient (Wildman–Crippen LogP) is 2.97. The summed E-state index contributed by atoms with van der Waals surface area (Å²) in [5.74, 6) is 2.55. The molecular formula is C19H23BrN4O3. The molecule has 0 aliphatic carbocycles. The first-order valence-corrected chi connectivity index (χ1v) is 9.71. The van der Waals surface area contributed by atoms with Gasteiger partial charge in [0.15, 0.2) is 0 Å². The van der Waals surface area contributed by atoms with Crippen molar-refractivity contribution in [2.75, 3.05) is 38.3 Å². The summed E-state index contributed by atoms with van der Waals surface area (Å²) in [6.45, 7) is 4.57. The monoisotopic (exact) mass is 434 g/mol. The van der Waals surface area contributed by atoms with Gasteiger partial charge in [-0.25, -0.2) is 4.98 Å². The Kier molecular flexibility index (Phi) is 6.49. The topological polar surface area (TPSA) is 76.6 Å². The zero-order chi connectivity index (χ0) is 19.2. The molecule has 1 aromatic heterocycles. The normalized spacial score (nSPS) is 13.5. The Morgan fingerprint density at radius 2 is 2.04 bits per heavy atom. The van der Waals surface area contributed by atoms with Crippen LogP contribution < -0.4 is 19.7 Å². The van der Waals surface area contributed by atoms with Crippen LogP contribution in [0.3, 0.4) is 0 Å². The van der Waals surface area contributed by atoms with E-state index in [0.717, 1.165) is 18.9 Å². The molecule has 7 nitrogen and oxygen atoms in total. The summed E-state index contributed by atoms with van der Waals surface area (Å²) >= 11 is 3.38. The number of hydrogen-bond donors (Lipinski definition) is 1. The maximum Gasteiger partial charge on any atom is 0.252 e. The molecule has 8 heteroatoms. The van der Waals surface area contributed by atoms with Crippen molar-refractivity contribution in [1.82, 2.24) is 15.3 Å². The number of halogens is 1. The third-order valence-corrected chi connectivity index (χ3v) is 4.98. The van der Waals surface area contributed by atoms with Crippen LogP contribution in [0.2, 0.25) is 0 Å². The fourth-order valence-electron chi connectivity index (χ4n) is 2.93. The summed E-state index contributed by atoms with van der Waals surface area (Å²) < 4.78 is 11.6. The first kappa shape index (κ1) is 19.4. The smallest absolute Gasteiger partial charge is 0.252 e. The highest BCUT2D eigenvalue weighted by atomic mass is 79.9. The number of aromatic nitrogens is 2. The molecule has 3 rings (SSSR count). The largest absolute Gasteiger partial charge is 0.497 e. The molecule has 1 N–H and O–H groups in total. The van der Waals surface area contributed by atoms with Crippen molar-refractivity contribution in [3.8, 4) is 11.6 Å². The molecule has 0 spiro atoms. The van der Waals surface area contributed by atoms with Gasteiger partial charge in [0.25, 0.3) is 5.91 Å². The Hall–Kier alpha value is -2.35. The average Bonchev–Trinajstić information content (AvgIpc) is 3.20. The van der Waals surface area contributed by atoms with Crippen LogP contribution in [0, 0.1) is 6.92 Å². The van der Waals surface area contributed by atoms with Crippen LogP contribution in [0.25, 0.3) is 0 Å². The van der Waals surface area contributed by atoms with Gasteiger partial charge >= 0.3 is 0 Å². The number of amides is 1. The van der Waals surface area contributed by atoms with Gasteiger partial charge in [-0.2, -0.15) is 4.98 Å². The molecule has 0 unspecified atom stereocenters. The number of ether oxygens (including phenoxy) is 2.